The van der Waals surface area contributed by atoms with E-state index in [2.05, 4.69) is 4.98 Å². The second-order valence-electron chi connectivity index (χ2n) is 3.48. The minimum atomic E-state index is 0.486. The Morgan fingerprint density at radius 1 is 1.43 bits per heavy atom. The van der Waals surface area contributed by atoms with E-state index in [9.17, 15) is 0 Å². The summed E-state index contributed by atoms with van der Waals surface area (Å²) in [5, 5.41) is 0. The fraction of sp³-hybridized carbons (Fsp3) is 0.700. The maximum Gasteiger partial charge on any atom is 0.195 e. The molecule has 1 aliphatic heterocycles. The van der Waals surface area contributed by atoms with Crippen molar-refractivity contribution in [2.24, 2.45) is 0 Å². The van der Waals surface area contributed by atoms with Gasteiger partial charge in [-0.25, -0.2) is 4.98 Å². The summed E-state index contributed by atoms with van der Waals surface area (Å²) in [5.41, 5.74) is 0. The Kier molecular flexibility index (Phi) is 3.43. The van der Waals surface area contributed by atoms with Crippen LogP contribution in [0.3, 0.4) is 0 Å². The predicted octanol–water partition coefficient (Wildman–Crippen LogP) is 2.35. The molecule has 78 valence electrons. The number of ether oxygens (including phenoxy) is 1. The van der Waals surface area contributed by atoms with Gasteiger partial charge in [-0.05, 0) is 12.8 Å². The summed E-state index contributed by atoms with van der Waals surface area (Å²) in [5.74, 6) is 2.79. The fourth-order valence-electron chi connectivity index (χ4n) is 1.69. The van der Waals surface area contributed by atoms with Gasteiger partial charge in [0.1, 0.15) is 5.76 Å². The first-order valence-electron chi connectivity index (χ1n) is 4.98. The van der Waals surface area contributed by atoms with Crippen molar-refractivity contribution in [2.45, 2.75) is 25.2 Å². The van der Waals surface area contributed by atoms with E-state index >= 15 is 0 Å². The lowest BCUT2D eigenvalue weighted by Gasteiger charge is -2.19. The molecule has 1 fully saturated rings. The van der Waals surface area contributed by atoms with E-state index in [-0.39, 0.29) is 0 Å². The van der Waals surface area contributed by atoms with E-state index in [1.54, 1.807) is 0 Å². The van der Waals surface area contributed by atoms with Crippen LogP contribution in [0.4, 0.5) is 0 Å². The van der Waals surface area contributed by atoms with Crippen molar-refractivity contribution in [2.75, 3.05) is 19.1 Å². The van der Waals surface area contributed by atoms with Crippen LogP contribution in [0.5, 0.6) is 0 Å². The van der Waals surface area contributed by atoms with E-state index in [0.717, 1.165) is 37.7 Å². The summed E-state index contributed by atoms with van der Waals surface area (Å²) in [6.45, 7) is 1.66. The molecule has 0 N–H and O–H groups in total. The monoisotopic (exact) mass is 215 g/mol. The third-order valence-electron chi connectivity index (χ3n) is 2.50. The summed E-state index contributed by atoms with van der Waals surface area (Å²) >= 11 is 5.61. The van der Waals surface area contributed by atoms with Crippen molar-refractivity contribution in [3.8, 4) is 0 Å². The maximum absolute atomic E-state index is 5.61. The number of halogens is 1. The van der Waals surface area contributed by atoms with Gasteiger partial charge < -0.3 is 9.15 Å². The van der Waals surface area contributed by atoms with E-state index < -0.39 is 0 Å². The summed E-state index contributed by atoms with van der Waals surface area (Å²) < 4.78 is 10.9. The van der Waals surface area contributed by atoms with Crippen molar-refractivity contribution in [1.29, 1.82) is 0 Å². The highest BCUT2D eigenvalue weighted by molar-refractivity contribution is 6.17. The van der Waals surface area contributed by atoms with Crippen molar-refractivity contribution >= 4 is 11.6 Å². The molecule has 1 aliphatic rings. The molecule has 1 aromatic rings. The third kappa shape index (κ3) is 2.28. The molecule has 3 nitrogen and oxygen atoms in total. The van der Waals surface area contributed by atoms with Crippen LogP contribution in [0.2, 0.25) is 0 Å². The van der Waals surface area contributed by atoms with Gasteiger partial charge >= 0.3 is 0 Å². The second-order valence-corrected chi connectivity index (χ2v) is 3.86. The molecule has 0 radical (unpaired) electrons. The number of aryl methyl sites for hydroxylation is 1. The van der Waals surface area contributed by atoms with E-state index in [1.165, 1.54) is 0 Å². The maximum atomic E-state index is 5.61. The SMILES string of the molecule is ClCCc1ncc(C2CCOCC2)o1. The van der Waals surface area contributed by atoms with Crippen molar-refractivity contribution in [3.63, 3.8) is 0 Å². The second kappa shape index (κ2) is 4.80. The summed E-state index contributed by atoms with van der Waals surface area (Å²) in [6, 6.07) is 0. The number of oxazole rings is 1. The van der Waals surface area contributed by atoms with E-state index in [1.807, 2.05) is 6.20 Å². The largest absolute Gasteiger partial charge is 0.445 e. The zero-order valence-corrected chi connectivity index (χ0v) is 8.79. The molecular weight excluding hydrogens is 202 g/mol. The molecule has 4 heteroatoms. The third-order valence-corrected chi connectivity index (χ3v) is 2.69. The molecule has 0 aliphatic carbocycles. The molecule has 0 atom stereocenters. The minimum Gasteiger partial charge on any atom is -0.445 e. The molecule has 1 aromatic heterocycles. The van der Waals surface area contributed by atoms with Crippen LogP contribution >= 0.6 is 11.6 Å². The molecule has 14 heavy (non-hydrogen) atoms. The van der Waals surface area contributed by atoms with E-state index in [0.29, 0.717) is 18.2 Å². The van der Waals surface area contributed by atoms with Gasteiger partial charge in [0.2, 0.25) is 0 Å². The van der Waals surface area contributed by atoms with Crippen LogP contribution < -0.4 is 0 Å². The van der Waals surface area contributed by atoms with Gasteiger partial charge in [-0.15, -0.1) is 11.6 Å². The zero-order chi connectivity index (χ0) is 9.80. The van der Waals surface area contributed by atoms with Gasteiger partial charge in [0.15, 0.2) is 5.89 Å². The Morgan fingerprint density at radius 2 is 2.21 bits per heavy atom. The van der Waals surface area contributed by atoms with Gasteiger partial charge in [0.25, 0.3) is 0 Å². The summed E-state index contributed by atoms with van der Waals surface area (Å²) in [4.78, 5) is 4.19. The average Bonchev–Trinajstić information content (AvgIpc) is 2.68. The van der Waals surface area contributed by atoms with Gasteiger partial charge in [0.05, 0.1) is 6.20 Å². The first-order chi connectivity index (χ1) is 6.90. The average molecular weight is 216 g/mol. The lowest BCUT2D eigenvalue weighted by Crippen LogP contribution is -2.13. The molecule has 1 saturated heterocycles. The van der Waals surface area contributed by atoms with Gasteiger partial charge in [-0.1, -0.05) is 0 Å². The Morgan fingerprint density at radius 3 is 2.93 bits per heavy atom. The van der Waals surface area contributed by atoms with Crippen molar-refractivity contribution < 1.29 is 9.15 Å². The number of hydrogen-bond acceptors (Lipinski definition) is 3. The molecule has 0 saturated carbocycles. The Bertz CT molecular complexity index is 281. The van der Waals surface area contributed by atoms with Crippen LogP contribution in [-0.4, -0.2) is 24.1 Å². The van der Waals surface area contributed by atoms with Crippen LogP contribution in [0.25, 0.3) is 0 Å². The number of hydrogen-bond donors (Lipinski definition) is 0. The molecule has 2 rings (SSSR count). The Hall–Kier alpha value is -0.540. The van der Waals surface area contributed by atoms with Crippen LogP contribution in [0.15, 0.2) is 10.6 Å². The predicted molar refractivity (Wildman–Crippen MR) is 53.7 cm³/mol. The molecule has 0 aromatic carbocycles. The molecule has 2 heterocycles. The highest BCUT2D eigenvalue weighted by atomic mass is 35.5. The lowest BCUT2D eigenvalue weighted by atomic mass is 9.98. The topological polar surface area (TPSA) is 35.3 Å². The Labute approximate surface area is 88.4 Å². The fourth-order valence-corrected chi connectivity index (χ4v) is 1.85. The van der Waals surface area contributed by atoms with Crippen molar-refractivity contribution in [3.05, 3.63) is 17.8 Å². The number of rotatable bonds is 3. The lowest BCUT2D eigenvalue weighted by molar-refractivity contribution is 0.0804. The first kappa shape index (κ1) is 9.99. The number of alkyl halides is 1. The van der Waals surface area contributed by atoms with Crippen LogP contribution in [0, 0.1) is 0 Å². The first-order valence-corrected chi connectivity index (χ1v) is 5.52. The van der Waals surface area contributed by atoms with Crippen molar-refractivity contribution in [1.82, 2.24) is 4.98 Å². The summed E-state index contributed by atoms with van der Waals surface area (Å²) in [6.07, 6.45) is 4.62. The minimum absolute atomic E-state index is 0.486. The highest BCUT2D eigenvalue weighted by Crippen LogP contribution is 2.27. The van der Waals surface area contributed by atoms with Crippen LogP contribution in [-0.2, 0) is 11.2 Å². The number of nitrogens with zero attached hydrogens (tertiary/aromatic N) is 1. The highest BCUT2D eigenvalue weighted by Gasteiger charge is 2.19. The van der Waals surface area contributed by atoms with Crippen LogP contribution in [0.1, 0.15) is 30.4 Å². The molecular formula is C10H14ClNO2. The molecule has 0 amide bonds. The standard InChI is InChI=1S/C10H14ClNO2/c11-4-1-10-12-7-9(14-10)8-2-5-13-6-3-8/h7-8H,1-6H2. The molecule has 0 spiro atoms. The normalized spacial score (nSPS) is 18.6. The smallest absolute Gasteiger partial charge is 0.195 e. The molecule has 0 bridgehead atoms. The van der Waals surface area contributed by atoms with E-state index in [4.69, 9.17) is 20.8 Å². The van der Waals surface area contributed by atoms with Gasteiger partial charge in [-0.3, -0.25) is 0 Å². The summed E-state index contributed by atoms with van der Waals surface area (Å²) in [7, 11) is 0. The van der Waals surface area contributed by atoms with Gasteiger partial charge in [0, 0.05) is 31.4 Å². The number of aromatic nitrogens is 1. The zero-order valence-electron chi connectivity index (χ0n) is 8.04. The Balaban J connectivity index is 2.00. The van der Waals surface area contributed by atoms with Gasteiger partial charge in [-0.2, -0.15) is 0 Å². The quantitative estimate of drug-likeness (QED) is 0.727. The molecule has 0 unspecified atom stereocenters.